The van der Waals surface area contributed by atoms with Crippen molar-refractivity contribution in [1.29, 1.82) is 0 Å². The monoisotopic (exact) mass is 201 g/mol. The number of nitrogens with one attached hydrogen (secondary N) is 2. The first-order chi connectivity index (χ1) is 6.76. The van der Waals surface area contributed by atoms with Gasteiger partial charge in [0.05, 0.1) is 6.61 Å². The summed E-state index contributed by atoms with van der Waals surface area (Å²) in [7, 11) is 0. The number of rotatable bonds is 7. The first-order valence-corrected chi connectivity index (χ1v) is 5.10. The molecule has 0 radical (unpaired) electrons. The third kappa shape index (κ3) is 4.55. The van der Waals surface area contributed by atoms with Gasteiger partial charge in [-0.05, 0) is 12.8 Å². The molecule has 5 N–H and O–H groups in total. The van der Waals surface area contributed by atoms with Gasteiger partial charge in [-0.1, -0.05) is 0 Å². The summed E-state index contributed by atoms with van der Waals surface area (Å²) in [4.78, 5) is 11.4. The quantitative estimate of drug-likeness (QED) is 0.406. The molecule has 0 spiro atoms. The maximum Gasteiger partial charge on any atom is 0.221 e. The normalized spacial score (nSPS) is 17.9. The van der Waals surface area contributed by atoms with Gasteiger partial charge >= 0.3 is 0 Å². The molecule has 0 bridgehead atoms. The number of carbonyl (C=O) groups excluding carboxylic acids is 1. The van der Waals surface area contributed by atoms with Crippen molar-refractivity contribution < 1.29 is 9.90 Å². The lowest BCUT2D eigenvalue weighted by Gasteiger charge is -2.15. The Labute approximate surface area is 84.0 Å². The third-order valence-corrected chi connectivity index (χ3v) is 2.20. The Morgan fingerprint density at radius 2 is 2.29 bits per heavy atom. The van der Waals surface area contributed by atoms with Gasteiger partial charge in [-0.25, -0.2) is 0 Å². The minimum absolute atomic E-state index is 0.0269. The van der Waals surface area contributed by atoms with Gasteiger partial charge < -0.3 is 21.5 Å². The van der Waals surface area contributed by atoms with Crippen LogP contribution in [0, 0.1) is 0 Å². The van der Waals surface area contributed by atoms with Crippen molar-refractivity contribution in [1.82, 2.24) is 10.6 Å². The summed E-state index contributed by atoms with van der Waals surface area (Å²) in [5, 5.41) is 14.5. The Balaban J connectivity index is 2.13. The number of nitrogens with two attached hydrogens (primary N) is 1. The fraction of sp³-hybridized carbons (Fsp3) is 0.889. The standard InChI is InChI=1S/C9H19N3O2/c10-6-8(11-3-4-13)5-9(14)12-7-1-2-7/h7-8,11,13H,1-6,10H2,(H,12,14). The molecule has 82 valence electrons. The number of carbonyl (C=O) groups is 1. The Hall–Kier alpha value is -0.650. The van der Waals surface area contributed by atoms with Crippen LogP contribution in [0.4, 0.5) is 0 Å². The Bertz CT molecular complexity index is 183. The molecule has 5 heteroatoms. The molecule has 1 aliphatic rings. The van der Waals surface area contributed by atoms with Crippen molar-refractivity contribution in [2.24, 2.45) is 5.73 Å². The van der Waals surface area contributed by atoms with Crippen LogP contribution < -0.4 is 16.4 Å². The molecule has 1 aliphatic carbocycles. The van der Waals surface area contributed by atoms with Crippen molar-refractivity contribution in [3.8, 4) is 0 Å². The van der Waals surface area contributed by atoms with E-state index in [0.29, 0.717) is 25.6 Å². The lowest BCUT2D eigenvalue weighted by Crippen LogP contribution is -2.42. The number of hydrogen-bond donors (Lipinski definition) is 4. The SMILES string of the molecule is NCC(CC(=O)NC1CC1)NCCO. The predicted molar refractivity (Wildman–Crippen MR) is 53.7 cm³/mol. The summed E-state index contributed by atoms with van der Waals surface area (Å²) >= 11 is 0. The molecule has 1 atom stereocenters. The molecular weight excluding hydrogens is 182 g/mol. The molecule has 1 fully saturated rings. The van der Waals surface area contributed by atoms with Crippen LogP contribution in [0.5, 0.6) is 0 Å². The van der Waals surface area contributed by atoms with Crippen molar-refractivity contribution in [2.75, 3.05) is 19.7 Å². The second kappa shape index (κ2) is 5.95. The van der Waals surface area contributed by atoms with E-state index in [1.54, 1.807) is 0 Å². The molecule has 14 heavy (non-hydrogen) atoms. The molecule has 5 nitrogen and oxygen atoms in total. The van der Waals surface area contributed by atoms with Crippen molar-refractivity contribution >= 4 is 5.91 Å². The van der Waals surface area contributed by atoms with Crippen LogP contribution in [-0.4, -0.2) is 42.8 Å². The van der Waals surface area contributed by atoms with Crippen LogP contribution in [0.15, 0.2) is 0 Å². The summed E-state index contributed by atoms with van der Waals surface area (Å²) < 4.78 is 0. The summed E-state index contributed by atoms with van der Waals surface area (Å²) in [5.41, 5.74) is 5.48. The van der Waals surface area contributed by atoms with Crippen LogP contribution in [-0.2, 0) is 4.79 Å². The van der Waals surface area contributed by atoms with Crippen molar-refractivity contribution in [3.05, 3.63) is 0 Å². The molecule has 0 aromatic heterocycles. The van der Waals surface area contributed by atoms with Crippen molar-refractivity contribution in [3.63, 3.8) is 0 Å². The number of amides is 1. The fourth-order valence-electron chi connectivity index (χ4n) is 1.25. The average Bonchev–Trinajstić information content (AvgIpc) is 2.95. The van der Waals surface area contributed by atoms with E-state index in [1.807, 2.05) is 0 Å². The zero-order chi connectivity index (χ0) is 10.4. The maximum absolute atomic E-state index is 11.4. The third-order valence-electron chi connectivity index (χ3n) is 2.20. The van der Waals surface area contributed by atoms with Gasteiger partial charge in [0.25, 0.3) is 0 Å². The smallest absolute Gasteiger partial charge is 0.221 e. The van der Waals surface area contributed by atoms with E-state index in [9.17, 15) is 4.79 Å². The first kappa shape index (κ1) is 11.4. The zero-order valence-corrected chi connectivity index (χ0v) is 8.33. The van der Waals surface area contributed by atoms with Gasteiger partial charge in [0, 0.05) is 31.6 Å². The largest absolute Gasteiger partial charge is 0.395 e. The van der Waals surface area contributed by atoms with Crippen LogP contribution >= 0.6 is 0 Å². The lowest BCUT2D eigenvalue weighted by atomic mass is 10.2. The highest BCUT2D eigenvalue weighted by Gasteiger charge is 2.24. The highest BCUT2D eigenvalue weighted by Crippen LogP contribution is 2.18. The van der Waals surface area contributed by atoms with Gasteiger partial charge in [-0.3, -0.25) is 4.79 Å². The van der Waals surface area contributed by atoms with Crippen LogP contribution in [0.25, 0.3) is 0 Å². The molecule has 0 heterocycles. The number of aliphatic hydroxyl groups excluding tert-OH is 1. The van der Waals surface area contributed by atoms with E-state index in [4.69, 9.17) is 10.8 Å². The highest BCUT2D eigenvalue weighted by atomic mass is 16.3. The summed E-state index contributed by atoms with van der Waals surface area (Å²) in [5.74, 6) is 0.0494. The first-order valence-electron chi connectivity index (χ1n) is 5.10. The molecule has 1 amide bonds. The Kier molecular flexibility index (Phi) is 4.86. The molecule has 0 aromatic rings. The molecule has 1 rings (SSSR count). The minimum atomic E-state index is -0.0269. The van der Waals surface area contributed by atoms with Gasteiger partial charge in [0.1, 0.15) is 0 Å². The van der Waals surface area contributed by atoms with Crippen LogP contribution in [0.1, 0.15) is 19.3 Å². The van der Waals surface area contributed by atoms with E-state index < -0.39 is 0 Å². The van der Waals surface area contributed by atoms with Crippen LogP contribution in [0.2, 0.25) is 0 Å². The van der Waals surface area contributed by atoms with Gasteiger partial charge in [0.15, 0.2) is 0 Å². The van der Waals surface area contributed by atoms with Gasteiger partial charge in [-0.15, -0.1) is 0 Å². The van der Waals surface area contributed by atoms with E-state index in [2.05, 4.69) is 10.6 Å². The van der Waals surface area contributed by atoms with Crippen molar-refractivity contribution in [2.45, 2.75) is 31.3 Å². The zero-order valence-electron chi connectivity index (χ0n) is 8.33. The van der Waals surface area contributed by atoms with E-state index in [1.165, 1.54) is 0 Å². The topological polar surface area (TPSA) is 87.4 Å². The molecular formula is C9H19N3O2. The van der Waals surface area contributed by atoms with Gasteiger partial charge in [0.2, 0.25) is 5.91 Å². The van der Waals surface area contributed by atoms with E-state index in [0.717, 1.165) is 12.8 Å². The molecule has 1 unspecified atom stereocenters. The van der Waals surface area contributed by atoms with Gasteiger partial charge in [-0.2, -0.15) is 0 Å². The number of aliphatic hydroxyl groups is 1. The molecule has 1 saturated carbocycles. The summed E-state index contributed by atoms with van der Waals surface area (Å²) in [6, 6.07) is 0.375. The van der Waals surface area contributed by atoms with E-state index >= 15 is 0 Å². The molecule has 0 aromatic carbocycles. The lowest BCUT2D eigenvalue weighted by molar-refractivity contribution is -0.121. The Morgan fingerprint density at radius 1 is 1.57 bits per heavy atom. The maximum atomic E-state index is 11.4. The van der Waals surface area contributed by atoms with E-state index in [-0.39, 0.29) is 18.6 Å². The minimum Gasteiger partial charge on any atom is -0.395 e. The van der Waals surface area contributed by atoms with Crippen LogP contribution in [0.3, 0.4) is 0 Å². The predicted octanol–water partition coefficient (Wildman–Crippen LogP) is -1.44. The average molecular weight is 201 g/mol. The molecule has 0 aliphatic heterocycles. The second-order valence-electron chi connectivity index (χ2n) is 3.66. The Morgan fingerprint density at radius 3 is 2.79 bits per heavy atom. The fourth-order valence-corrected chi connectivity index (χ4v) is 1.25. The number of hydrogen-bond acceptors (Lipinski definition) is 4. The summed E-state index contributed by atoms with van der Waals surface area (Å²) in [6.45, 7) is 0.970. The second-order valence-corrected chi connectivity index (χ2v) is 3.66. The molecule has 0 saturated heterocycles. The highest BCUT2D eigenvalue weighted by molar-refractivity contribution is 5.77. The summed E-state index contributed by atoms with van der Waals surface area (Å²) in [6.07, 6.45) is 2.60.